The highest BCUT2D eigenvalue weighted by Gasteiger charge is 2.53. The summed E-state index contributed by atoms with van der Waals surface area (Å²) in [5.74, 6) is 3.38. The number of nitrogens with one attached hydrogen (secondary N) is 1. The largest absolute Gasteiger partial charge is 0.316 e. The third-order valence-electron chi connectivity index (χ3n) is 6.72. The summed E-state index contributed by atoms with van der Waals surface area (Å²) in [6.07, 6.45) is 9.95. The van der Waals surface area contributed by atoms with Gasteiger partial charge in [-0.1, -0.05) is 56.2 Å². The molecule has 0 aromatic rings. The monoisotopic (exact) mass is 271 g/mol. The van der Waals surface area contributed by atoms with Gasteiger partial charge in [0, 0.05) is 23.8 Å². The molecule has 4 atom stereocenters. The first-order valence-electron chi connectivity index (χ1n) is 8.29. The summed E-state index contributed by atoms with van der Waals surface area (Å²) in [6.45, 7) is 14.2. The Morgan fingerprint density at radius 1 is 1.10 bits per heavy atom. The number of hydrogen-bond acceptors (Lipinski definition) is 1. The van der Waals surface area contributed by atoms with Crippen LogP contribution in [0.4, 0.5) is 0 Å². The second-order valence-corrected chi connectivity index (χ2v) is 7.18. The van der Waals surface area contributed by atoms with E-state index in [0.717, 1.165) is 24.9 Å². The van der Waals surface area contributed by atoms with Gasteiger partial charge in [-0.25, -0.2) is 0 Å². The molecule has 1 nitrogen and oxygen atoms in total. The van der Waals surface area contributed by atoms with E-state index in [9.17, 15) is 0 Å². The highest BCUT2D eigenvalue weighted by atomic mass is 14.9. The van der Waals surface area contributed by atoms with Crippen LogP contribution in [0.25, 0.3) is 0 Å². The standard InChI is InChI=1S/C19H29N/c1-6-20-11-19-14(4)12(2)18(13(3)15(19)5)16-7-9-17(19)10-8-16/h7-10,12,14,16-18,20H,6,11H2,1-5H3. The zero-order chi connectivity index (χ0) is 14.5. The molecule has 0 aromatic carbocycles. The van der Waals surface area contributed by atoms with E-state index in [2.05, 4.69) is 64.2 Å². The molecule has 0 saturated carbocycles. The normalized spacial score (nSPS) is 46.0. The first kappa shape index (κ1) is 14.1. The predicted molar refractivity (Wildman–Crippen MR) is 86.4 cm³/mol. The van der Waals surface area contributed by atoms with Crippen LogP contribution < -0.4 is 5.32 Å². The molecular formula is C19H29N. The topological polar surface area (TPSA) is 12.0 Å². The quantitative estimate of drug-likeness (QED) is 0.759. The van der Waals surface area contributed by atoms with E-state index < -0.39 is 0 Å². The third kappa shape index (κ3) is 1.65. The third-order valence-corrected chi connectivity index (χ3v) is 6.72. The van der Waals surface area contributed by atoms with Crippen molar-refractivity contribution >= 4 is 0 Å². The van der Waals surface area contributed by atoms with Gasteiger partial charge in [-0.3, -0.25) is 0 Å². The lowest BCUT2D eigenvalue weighted by Gasteiger charge is -2.57. The van der Waals surface area contributed by atoms with E-state index in [1.807, 2.05) is 0 Å². The maximum absolute atomic E-state index is 3.66. The molecule has 1 heteroatoms. The van der Waals surface area contributed by atoms with Gasteiger partial charge in [-0.05, 0) is 38.1 Å². The van der Waals surface area contributed by atoms with Crippen molar-refractivity contribution < 1.29 is 0 Å². The summed E-state index contributed by atoms with van der Waals surface area (Å²) >= 11 is 0. The van der Waals surface area contributed by atoms with Gasteiger partial charge in [-0.15, -0.1) is 0 Å². The zero-order valence-corrected chi connectivity index (χ0v) is 13.6. The Balaban J connectivity index is 2.18. The average Bonchev–Trinajstić information content (AvgIpc) is 2.46. The molecule has 0 spiro atoms. The molecule has 1 N–H and O–H groups in total. The van der Waals surface area contributed by atoms with E-state index in [0.29, 0.717) is 17.8 Å². The Kier molecular flexibility index (Phi) is 3.44. The van der Waals surface area contributed by atoms with Gasteiger partial charge in [0.05, 0.1) is 0 Å². The minimum Gasteiger partial charge on any atom is -0.316 e. The smallest absolute Gasteiger partial charge is 0.0162 e. The van der Waals surface area contributed by atoms with Crippen molar-refractivity contribution in [3.8, 4) is 0 Å². The average molecular weight is 271 g/mol. The van der Waals surface area contributed by atoms with Gasteiger partial charge in [-0.2, -0.15) is 0 Å². The molecule has 6 rings (SSSR count). The van der Waals surface area contributed by atoms with Gasteiger partial charge < -0.3 is 5.32 Å². The predicted octanol–water partition coefficient (Wildman–Crippen LogP) is 4.19. The second-order valence-electron chi connectivity index (χ2n) is 7.18. The van der Waals surface area contributed by atoms with Gasteiger partial charge >= 0.3 is 0 Å². The lowest BCUT2D eigenvalue weighted by molar-refractivity contribution is 0.0627. The maximum atomic E-state index is 3.66. The first-order valence-corrected chi connectivity index (χ1v) is 8.29. The van der Waals surface area contributed by atoms with Crippen molar-refractivity contribution in [3.63, 3.8) is 0 Å². The highest BCUT2D eigenvalue weighted by molar-refractivity contribution is 5.39. The summed E-state index contributed by atoms with van der Waals surface area (Å²) in [6, 6.07) is 0. The Hall–Kier alpha value is -0.820. The van der Waals surface area contributed by atoms with Crippen LogP contribution in [0, 0.1) is 35.0 Å². The molecule has 0 heterocycles. The fourth-order valence-corrected chi connectivity index (χ4v) is 5.28. The lowest BCUT2D eigenvalue weighted by atomic mass is 9.48. The summed E-state index contributed by atoms with van der Waals surface area (Å²) in [4.78, 5) is 0. The number of hydrogen-bond donors (Lipinski definition) is 1. The molecule has 110 valence electrons. The van der Waals surface area contributed by atoms with E-state index in [1.165, 1.54) is 0 Å². The highest BCUT2D eigenvalue weighted by Crippen LogP contribution is 2.59. The molecule has 6 aliphatic rings. The molecule has 0 radical (unpaired) electrons. The Morgan fingerprint density at radius 3 is 2.35 bits per heavy atom. The van der Waals surface area contributed by atoms with Crippen LogP contribution in [0.3, 0.4) is 0 Å². The first-order chi connectivity index (χ1) is 9.54. The van der Waals surface area contributed by atoms with Crippen molar-refractivity contribution in [2.75, 3.05) is 13.1 Å². The lowest BCUT2D eigenvalue weighted by Crippen LogP contribution is -2.54. The van der Waals surface area contributed by atoms with Crippen LogP contribution in [-0.2, 0) is 0 Å². The molecule has 4 unspecified atom stereocenters. The Morgan fingerprint density at radius 2 is 1.75 bits per heavy atom. The van der Waals surface area contributed by atoms with Gasteiger partial charge in [0.15, 0.2) is 0 Å². The van der Waals surface area contributed by atoms with E-state index >= 15 is 0 Å². The Labute approximate surface area is 124 Å². The summed E-state index contributed by atoms with van der Waals surface area (Å²) < 4.78 is 0. The Bertz CT molecular complexity index is 470. The molecule has 4 bridgehead atoms. The molecule has 0 saturated heterocycles. The van der Waals surface area contributed by atoms with Crippen LogP contribution >= 0.6 is 0 Å². The van der Waals surface area contributed by atoms with Crippen LogP contribution in [0.2, 0.25) is 0 Å². The zero-order valence-electron chi connectivity index (χ0n) is 13.6. The van der Waals surface area contributed by atoms with E-state index in [-0.39, 0.29) is 5.41 Å². The van der Waals surface area contributed by atoms with Crippen molar-refractivity contribution in [2.45, 2.75) is 34.6 Å². The molecule has 6 aliphatic carbocycles. The van der Waals surface area contributed by atoms with E-state index in [1.54, 1.807) is 11.1 Å². The van der Waals surface area contributed by atoms with E-state index in [4.69, 9.17) is 0 Å². The number of allylic oxidation sites excluding steroid dienone is 5. The summed E-state index contributed by atoms with van der Waals surface area (Å²) in [7, 11) is 0. The van der Waals surface area contributed by atoms with Crippen molar-refractivity contribution in [2.24, 2.45) is 35.0 Å². The molecule has 0 amide bonds. The minimum absolute atomic E-state index is 0.272. The van der Waals surface area contributed by atoms with Crippen molar-refractivity contribution in [1.29, 1.82) is 0 Å². The molecular weight excluding hydrogens is 242 g/mol. The molecule has 0 aliphatic heterocycles. The van der Waals surface area contributed by atoms with Crippen LogP contribution in [0.15, 0.2) is 35.5 Å². The molecule has 20 heavy (non-hydrogen) atoms. The van der Waals surface area contributed by atoms with Gasteiger partial charge in [0.1, 0.15) is 0 Å². The fourth-order valence-electron chi connectivity index (χ4n) is 5.28. The minimum atomic E-state index is 0.272. The summed E-state index contributed by atoms with van der Waals surface area (Å²) in [5, 5.41) is 3.66. The molecule has 0 fully saturated rings. The molecule has 0 aromatic heterocycles. The van der Waals surface area contributed by atoms with Crippen LogP contribution in [-0.4, -0.2) is 13.1 Å². The van der Waals surface area contributed by atoms with Crippen molar-refractivity contribution in [1.82, 2.24) is 5.32 Å². The second kappa shape index (κ2) is 4.87. The fraction of sp³-hybridized carbons (Fsp3) is 0.684. The number of rotatable bonds is 3. The van der Waals surface area contributed by atoms with Crippen molar-refractivity contribution in [3.05, 3.63) is 35.5 Å². The van der Waals surface area contributed by atoms with Gasteiger partial charge in [0.25, 0.3) is 0 Å². The maximum Gasteiger partial charge on any atom is 0.0162 e. The summed E-state index contributed by atoms with van der Waals surface area (Å²) in [5.41, 5.74) is 3.60. The van der Waals surface area contributed by atoms with Crippen LogP contribution in [0.5, 0.6) is 0 Å². The SMILES string of the molecule is CCNCC12C(C)=C(C)C(C3C=CC1C=C3)C(C)C2C. The van der Waals surface area contributed by atoms with Crippen LogP contribution in [0.1, 0.15) is 34.6 Å². The van der Waals surface area contributed by atoms with Gasteiger partial charge in [0.2, 0.25) is 0 Å².